The van der Waals surface area contributed by atoms with Gasteiger partial charge in [-0.1, -0.05) is 31.4 Å². The van der Waals surface area contributed by atoms with Crippen LogP contribution in [-0.4, -0.2) is 42.8 Å². The number of nitrogens with one attached hydrogen (secondary N) is 1. The molecule has 3 rings (SSSR count). The van der Waals surface area contributed by atoms with Gasteiger partial charge >= 0.3 is 0 Å². The van der Waals surface area contributed by atoms with E-state index in [9.17, 15) is 5.11 Å². The summed E-state index contributed by atoms with van der Waals surface area (Å²) in [6, 6.07) is 0.366. The third kappa shape index (κ3) is 5.08. The topological polar surface area (TPSA) is 104 Å². The van der Waals surface area contributed by atoms with Crippen molar-refractivity contribution in [2.75, 3.05) is 6.61 Å². The van der Waals surface area contributed by atoms with Gasteiger partial charge in [-0.25, -0.2) is 9.97 Å². The lowest BCUT2D eigenvalue weighted by molar-refractivity contribution is -0.122. The smallest absolute Gasteiger partial charge is 0.290 e. The fraction of sp³-hybridized carbons (Fsp3) is 0.611. The van der Waals surface area contributed by atoms with Crippen molar-refractivity contribution in [2.45, 2.75) is 57.9 Å². The molecule has 1 aliphatic carbocycles. The zero-order valence-electron chi connectivity index (χ0n) is 15.1. The second kappa shape index (κ2) is 10.3. The Hall–Kier alpha value is -1.86. The van der Waals surface area contributed by atoms with Gasteiger partial charge in [-0.05, 0) is 31.6 Å². The van der Waals surface area contributed by atoms with Gasteiger partial charge in [-0.3, -0.25) is 4.79 Å². The molecule has 2 atom stereocenters. The molecule has 0 spiro atoms. The second-order valence-electron chi connectivity index (χ2n) is 6.58. The number of halogens is 1. The first-order chi connectivity index (χ1) is 12.6. The minimum Gasteiger partial charge on any atom is -0.483 e. The number of nitrogens with zero attached hydrogens (tertiary/aromatic N) is 3. The molecule has 0 radical (unpaired) electrons. The average molecular weight is 383 g/mol. The average Bonchev–Trinajstić information content (AvgIpc) is 3.27. The maximum absolute atomic E-state index is 9.46. The first kappa shape index (κ1) is 20.5. The number of aliphatic hydroxyl groups is 1. The zero-order valence-corrected chi connectivity index (χ0v) is 15.8. The van der Waals surface area contributed by atoms with E-state index in [1.807, 2.05) is 12.4 Å². The van der Waals surface area contributed by atoms with Gasteiger partial charge in [-0.15, -0.1) is 0 Å². The second-order valence-corrected chi connectivity index (χ2v) is 6.96. The maximum Gasteiger partial charge on any atom is 0.290 e. The lowest BCUT2D eigenvalue weighted by Crippen LogP contribution is -2.21. The van der Waals surface area contributed by atoms with E-state index in [0.29, 0.717) is 17.1 Å². The van der Waals surface area contributed by atoms with Crippen LogP contribution in [0, 0.1) is 5.92 Å². The molecule has 3 N–H and O–H groups in total. The number of hydrogen-bond acceptors (Lipinski definition) is 4. The fourth-order valence-corrected chi connectivity index (χ4v) is 3.72. The van der Waals surface area contributed by atoms with Gasteiger partial charge in [0.05, 0.1) is 0 Å². The van der Waals surface area contributed by atoms with E-state index >= 15 is 0 Å². The summed E-state index contributed by atoms with van der Waals surface area (Å²) in [5.41, 5.74) is 0.744. The van der Waals surface area contributed by atoms with Crippen molar-refractivity contribution in [1.82, 2.24) is 19.5 Å². The zero-order chi connectivity index (χ0) is 18.9. The SMILES string of the molecule is CCCCc1nc(-c2nccn2[C@@H]2CCC[C@@H](CO)C2)c(Cl)[nH]1.O=CO. The number of aromatic amines is 1. The predicted octanol–water partition coefficient (Wildman–Crippen LogP) is 3.69. The van der Waals surface area contributed by atoms with Crippen LogP contribution in [-0.2, 0) is 11.2 Å². The molecule has 144 valence electrons. The molecule has 2 heterocycles. The van der Waals surface area contributed by atoms with Gasteiger partial charge in [0.15, 0.2) is 5.82 Å². The highest BCUT2D eigenvalue weighted by Gasteiger charge is 2.26. The van der Waals surface area contributed by atoms with E-state index in [4.69, 9.17) is 21.5 Å². The van der Waals surface area contributed by atoms with Crippen LogP contribution in [0.3, 0.4) is 0 Å². The highest BCUT2D eigenvalue weighted by atomic mass is 35.5. The van der Waals surface area contributed by atoms with Crippen LogP contribution in [0.5, 0.6) is 0 Å². The monoisotopic (exact) mass is 382 g/mol. The maximum atomic E-state index is 9.46. The molecule has 26 heavy (non-hydrogen) atoms. The number of aryl methyl sites for hydroxylation is 1. The van der Waals surface area contributed by atoms with Crippen LogP contribution >= 0.6 is 11.6 Å². The summed E-state index contributed by atoms with van der Waals surface area (Å²) in [6.45, 7) is 2.18. The van der Waals surface area contributed by atoms with Gasteiger partial charge in [0.25, 0.3) is 6.47 Å². The molecule has 0 aliphatic heterocycles. The molecule has 8 heteroatoms. The summed E-state index contributed by atoms with van der Waals surface area (Å²) in [5, 5.41) is 16.9. The van der Waals surface area contributed by atoms with Gasteiger partial charge in [0.2, 0.25) is 0 Å². The third-order valence-corrected chi connectivity index (χ3v) is 5.04. The molecule has 0 saturated heterocycles. The Bertz CT molecular complexity index is 686. The molecule has 1 fully saturated rings. The van der Waals surface area contributed by atoms with Crippen molar-refractivity contribution in [3.8, 4) is 11.5 Å². The quantitative estimate of drug-likeness (QED) is 0.661. The summed E-state index contributed by atoms with van der Waals surface area (Å²) in [6.07, 6.45) is 11.3. The Balaban J connectivity index is 0.000000758. The molecule has 7 nitrogen and oxygen atoms in total. The van der Waals surface area contributed by atoms with E-state index < -0.39 is 0 Å². The number of rotatable bonds is 6. The van der Waals surface area contributed by atoms with E-state index in [0.717, 1.165) is 62.3 Å². The number of imidazole rings is 2. The van der Waals surface area contributed by atoms with Crippen molar-refractivity contribution >= 4 is 18.1 Å². The minimum atomic E-state index is -0.250. The number of unbranched alkanes of at least 4 members (excludes halogenated alkanes) is 1. The largest absolute Gasteiger partial charge is 0.483 e. The molecule has 0 unspecified atom stereocenters. The van der Waals surface area contributed by atoms with Gasteiger partial charge < -0.3 is 19.8 Å². The molecule has 1 aliphatic rings. The summed E-state index contributed by atoms with van der Waals surface area (Å²) >= 11 is 6.37. The highest BCUT2D eigenvalue weighted by molar-refractivity contribution is 6.31. The molecular formula is C18H27ClN4O3. The number of aliphatic hydroxyl groups excluding tert-OH is 1. The molecule has 2 aromatic rings. The van der Waals surface area contributed by atoms with E-state index in [1.165, 1.54) is 0 Å². The van der Waals surface area contributed by atoms with Crippen molar-refractivity contribution < 1.29 is 15.0 Å². The lowest BCUT2D eigenvalue weighted by Gasteiger charge is -2.29. The van der Waals surface area contributed by atoms with Crippen molar-refractivity contribution in [3.63, 3.8) is 0 Å². The number of hydrogen-bond donors (Lipinski definition) is 3. The van der Waals surface area contributed by atoms with Crippen LogP contribution in [0.1, 0.15) is 57.3 Å². The van der Waals surface area contributed by atoms with Gasteiger partial charge in [0, 0.05) is 31.5 Å². The number of carboxylic acid groups (broad SMARTS) is 1. The Morgan fingerprint density at radius 2 is 2.23 bits per heavy atom. The first-order valence-corrected chi connectivity index (χ1v) is 9.48. The standard InChI is InChI=1S/C17H25ClN4O.CH2O2/c1-2-3-7-14-20-15(16(18)21-14)17-19-8-9-22(17)13-6-4-5-12(10-13)11-23;2-1-3/h8-9,12-13,23H,2-7,10-11H2,1H3,(H,20,21);1H,(H,2,3)/t12-,13-;/m1./s1. The van der Waals surface area contributed by atoms with Crippen LogP contribution in [0.2, 0.25) is 5.15 Å². The van der Waals surface area contributed by atoms with E-state index in [-0.39, 0.29) is 13.1 Å². The lowest BCUT2D eigenvalue weighted by atomic mass is 9.86. The Morgan fingerprint density at radius 3 is 2.92 bits per heavy atom. The molecule has 0 aromatic carbocycles. The molecule has 1 saturated carbocycles. The van der Waals surface area contributed by atoms with E-state index in [2.05, 4.69) is 26.4 Å². The fourth-order valence-electron chi connectivity index (χ4n) is 3.48. The predicted molar refractivity (Wildman–Crippen MR) is 100 cm³/mol. The Labute approximate surface area is 158 Å². The van der Waals surface area contributed by atoms with Crippen molar-refractivity contribution in [2.24, 2.45) is 5.92 Å². The molecule has 0 amide bonds. The summed E-state index contributed by atoms with van der Waals surface area (Å²) < 4.78 is 2.19. The highest BCUT2D eigenvalue weighted by Crippen LogP contribution is 2.35. The van der Waals surface area contributed by atoms with Gasteiger partial charge in [0.1, 0.15) is 16.7 Å². The Morgan fingerprint density at radius 1 is 1.46 bits per heavy atom. The Kier molecular flexibility index (Phi) is 8.12. The summed E-state index contributed by atoms with van der Waals surface area (Å²) in [4.78, 5) is 20.7. The van der Waals surface area contributed by atoms with Crippen molar-refractivity contribution in [3.05, 3.63) is 23.4 Å². The normalized spacial score (nSPS) is 19.7. The number of H-pyrrole nitrogens is 1. The van der Waals surface area contributed by atoms with E-state index in [1.54, 1.807) is 0 Å². The van der Waals surface area contributed by atoms with Crippen LogP contribution in [0.15, 0.2) is 12.4 Å². The van der Waals surface area contributed by atoms with Crippen LogP contribution in [0.4, 0.5) is 0 Å². The first-order valence-electron chi connectivity index (χ1n) is 9.10. The van der Waals surface area contributed by atoms with Crippen LogP contribution < -0.4 is 0 Å². The molecular weight excluding hydrogens is 356 g/mol. The molecule has 2 aromatic heterocycles. The number of aromatic nitrogens is 4. The van der Waals surface area contributed by atoms with Crippen LogP contribution in [0.25, 0.3) is 11.5 Å². The van der Waals surface area contributed by atoms with Crippen molar-refractivity contribution in [1.29, 1.82) is 0 Å². The number of carbonyl (C=O) groups is 1. The van der Waals surface area contributed by atoms with Gasteiger partial charge in [-0.2, -0.15) is 0 Å². The summed E-state index contributed by atoms with van der Waals surface area (Å²) in [7, 11) is 0. The minimum absolute atomic E-state index is 0.250. The third-order valence-electron chi connectivity index (χ3n) is 4.76. The summed E-state index contributed by atoms with van der Waals surface area (Å²) in [5.74, 6) is 2.15. The molecule has 0 bridgehead atoms.